The van der Waals surface area contributed by atoms with Gasteiger partial charge in [-0.3, -0.25) is 4.68 Å². The van der Waals surface area contributed by atoms with Crippen LogP contribution in [0.5, 0.6) is 0 Å². The lowest BCUT2D eigenvalue weighted by atomic mass is 10.0. The van der Waals surface area contributed by atoms with Crippen molar-refractivity contribution in [2.24, 2.45) is 7.05 Å². The van der Waals surface area contributed by atoms with E-state index in [9.17, 15) is 9.50 Å². The number of fused-ring (bicyclic) bond motifs is 1. The van der Waals surface area contributed by atoms with Crippen LogP contribution < -0.4 is 0 Å². The first-order chi connectivity index (χ1) is 10.1. The Bertz CT molecular complexity index is 800. The van der Waals surface area contributed by atoms with Crippen LogP contribution in [0.1, 0.15) is 17.4 Å². The smallest absolute Gasteiger partial charge is 0.127 e. The molecule has 0 fully saturated rings. The maximum absolute atomic E-state index is 13.9. The molecule has 3 rings (SSSR count). The molecule has 3 aromatic rings. The van der Waals surface area contributed by atoms with Gasteiger partial charge in [-0.25, -0.2) is 4.39 Å². The molecule has 0 aliphatic carbocycles. The summed E-state index contributed by atoms with van der Waals surface area (Å²) in [5.74, 6) is -0.330. The van der Waals surface area contributed by atoms with Crippen LogP contribution in [0.15, 0.2) is 46.9 Å². The zero-order valence-corrected chi connectivity index (χ0v) is 13.0. The molecule has 0 aliphatic heterocycles. The van der Waals surface area contributed by atoms with E-state index < -0.39 is 6.10 Å². The van der Waals surface area contributed by atoms with Gasteiger partial charge in [-0.15, -0.1) is 0 Å². The molecule has 0 saturated carbocycles. The highest BCUT2D eigenvalue weighted by Gasteiger charge is 2.18. The summed E-state index contributed by atoms with van der Waals surface area (Å²) < 4.78 is 16.3. The second kappa shape index (κ2) is 5.58. The molecule has 2 aromatic carbocycles. The van der Waals surface area contributed by atoms with Gasteiger partial charge in [0, 0.05) is 23.3 Å². The number of rotatable bonds is 3. The van der Waals surface area contributed by atoms with Crippen LogP contribution in [0.3, 0.4) is 0 Å². The molecule has 21 heavy (non-hydrogen) atoms. The topological polar surface area (TPSA) is 38.0 Å². The third kappa shape index (κ3) is 2.71. The molecule has 1 heterocycles. The Labute approximate surface area is 130 Å². The van der Waals surface area contributed by atoms with Gasteiger partial charge in [0.15, 0.2) is 0 Å². The largest absolute Gasteiger partial charge is 0.386 e. The van der Waals surface area contributed by atoms with E-state index in [2.05, 4.69) is 21.0 Å². The van der Waals surface area contributed by atoms with Crippen molar-refractivity contribution in [2.75, 3.05) is 0 Å². The minimum Gasteiger partial charge on any atom is -0.386 e. The van der Waals surface area contributed by atoms with Crippen molar-refractivity contribution < 1.29 is 9.50 Å². The minimum absolute atomic E-state index is 0.195. The van der Waals surface area contributed by atoms with Crippen molar-refractivity contribution >= 4 is 26.8 Å². The lowest BCUT2D eigenvalue weighted by Gasteiger charge is -2.09. The van der Waals surface area contributed by atoms with Gasteiger partial charge in [-0.2, -0.15) is 5.10 Å². The van der Waals surface area contributed by atoms with Crippen molar-refractivity contribution in [1.82, 2.24) is 9.78 Å². The first-order valence-electron chi connectivity index (χ1n) is 6.60. The fourth-order valence-corrected chi connectivity index (χ4v) is 2.81. The maximum Gasteiger partial charge on any atom is 0.127 e. The highest BCUT2D eigenvalue weighted by Crippen LogP contribution is 2.27. The molecule has 108 valence electrons. The summed E-state index contributed by atoms with van der Waals surface area (Å²) in [5, 5.41) is 15.7. The second-order valence-electron chi connectivity index (χ2n) is 4.98. The van der Waals surface area contributed by atoms with Gasteiger partial charge < -0.3 is 5.11 Å². The first-order valence-corrected chi connectivity index (χ1v) is 7.39. The number of hydrogen-bond donors (Lipinski definition) is 1. The van der Waals surface area contributed by atoms with E-state index in [-0.39, 0.29) is 12.2 Å². The zero-order valence-electron chi connectivity index (χ0n) is 11.4. The molecule has 5 heteroatoms. The number of aryl methyl sites for hydroxylation is 1. The lowest BCUT2D eigenvalue weighted by molar-refractivity contribution is 0.173. The summed E-state index contributed by atoms with van der Waals surface area (Å²) >= 11 is 3.23. The monoisotopic (exact) mass is 348 g/mol. The van der Waals surface area contributed by atoms with Crippen LogP contribution in [0.25, 0.3) is 10.9 Å². The summed E-state index contributed by atoms with van der Waals surface area (Å²) in [6.45, 7) is 0. The minimum atomic E-state index is -0.841. The van der Waals surface area contributed by atoms with Gasteiger partial charge in [0.05, 0.1) is 11.2 Å². The van der Waals surface area contributed by atoms with Crippen LogP contribution >= 0.6 is 15.9 Å². The van der Waals surface area contributed by atoms with Gasteiger partial charge in [-0.1, -0.05) is 40.2 Å². The molecule has 1 N–H and O–H groups in total. The second-order valence-corrected chi connectivity index (χ2v) is 5.90. The van der Waals surface area contributed by atoms with Crippen molar-refractivity contribution in [1.29, 1.82) is 0 Å². The lowest BCUT2D eigenvalue weighted by Crippen LogP contribution is -2.05. The molecule has 0 amide bonds. The Balaban J connectivity index is 1.95. The normalized spacial score (nSPS) is 12.8. The van der Waals surface area contributed by atoms with Crippen LogP contribution in [0.2, 0.25) is 0 Å². The fourth-order valence-electron chi connectivity index (χ4n) is 2.48. The third-order valence-electron chi connectivity index (χ3n) is 3.53. The highest BCUT2D eigenvalue weighted by atomic mass is 79.9. The molecular formula is C16H14BrFN2O. The standard InChI is InChI=1S/C16H14BrFN2O/c1-20-14-5-3-2-4-12(14)16(19-20)15(21)8-10-6-7-11(17)9-13(10)18/h2-7,9,15,21H,8H2,1H3. The third-order valence-corrected chi connectivity index (χ3v) is 4.02. The number of aliphatic hydroxyl groups is 1. The molecule has 0 bridgehead atoms. The molecule has 1 aromatic heterocycles. The van der Waals surface area contributed by atoms with Gasteiger partial charge in [0.25, 0.3) is 0 Å². The van der Waals surface area contributed by atoms with Gasteiger partial charge in [0.2, 0.25) is 0 Å². The molecule has 0 saturated heterocycles. The fraction of sp³-hybridized carbons (Fsp3) is 0.188. The van der Waals surface area contributed by atoms with Crippen molar-refractivity contribution in [3.8, 4) is 0 Å². The average molecular weight is 349 g/mol. The summed E-state index contributed by atoms with van der Waals surface area (Å²) in [4.78, 5) is 0. The number of para-hydroxylation sites is 1. The zero-order chi connectivity index (χ0) is 15.0. The Morgan fingerprint density at radius 3 is 2.81 bits per heavy atom. The van der Waals surface area contributed by atoms with Gasteiger partial charge >= 0.3 is 0 Å². The van der Waals surface area contributed by atoms with Crippen LogP contribution in [0.4, 0.5) is 4.39 Å². The van der Waals surface area contributed by atoms with Crippen molar-refractivity contribution in [2.45, 2.75) is 12.5 Å². The predicted octanol–water partition coefficient (Wildman–Crippen LogP) is 3.75. The summed E-state index contributed by atoms with van der Waals surface area (Å²) in [5.41, 5.74) is 2.00. The molecule has 0 radical (unpaired) electrons. The maximum atomic E-state index is 13.9. The number of hydrogen-bond acceptors (Lipinski definition) is 2. The Hall–Kier alpha value is -1.72. The van der Waals surface area contributed by atoms with E-state index in [1.165, 1.54) is 6.07 Å². The Morgan fingerprint density at radius 2 is 2.05 bits per heavy atom. The molecule has 0 aliphatic rings. The average Bonchev–Trinajstić information content (AvgIpc) is 2.80. The van der Waals surface area contributed by atoms with Gasteiger partial charge in [-0.05, 0) is 23.8 Å². The first kappa shape index (κ1) is 14.2. The van der Waals surface area contributed by atoms with Crippen LogP contribution in [-0.4, -0.2) is 14.9 Å². The van der Waals surface area contributed by atoms with Gasteiger partial charge in [0.1, 0.15) is 11.9 Å². The van der Waals surface area contributed by atoms with Crippen molar-refractivity contribution in [3.63, 3.8) is 0 Å². The predicted molar refractivity (Wildman–Crippen MR) is 83.5 cm³/mol. The molecule has 1 atom stereocenters. The Morgan fingerprint density at radius 1 is 1.29 bits per heavy atom. The summed E-state index contributed by atoms with van der Waals surface area (Å²) in [6.07, 6.45) is -0.646. The number of nitrogens with zero attached hydrogens (tertiary/aromatic N) is 2. The summed E-state index contributed by atoms with van der Waals surface area (Å²) in [6, 6.07) is 12.5. The SMILES string of the molecule is Cn1nc(C(O)Cc2ccc(Br)cc2F)c2ccccc21. The number of aliphatic hydroxyl groups excluding tert-OH is 1. The molecule has 1 unspecified atom stereocenters. The van der Waals surface area contributed by atoms with E-state index >= 15 is 0 Å². The highest BCUT2D eigenvalue weighted by molar-refractivity contribution is 9.10. The van der Waals surface area contributed by atoms with E-state index in [0.717, 1.165) is 10.9 Å². The van der Waals surface area contributed by atoms with Crippen LogP contribution in [0, 0.1) is 5.82 Å². The number of halogens is 2. The molecule has 0 spiro atoms. The quantitative estimate of drug-likeness (QED) is 0.782. The number of benzene rings is 2. The Kier molecular flexibility index (Phi) is 3.78. The van der Waals surface area contributed by atoms with Crippen LogP contribution in [-0.2, 0) is 13.5 Å². The summed E-state index contributed by atoms with van der Waals surface area (Å²) in [7, 11) is 1.83. The van der Waals surface area contributed by atoms with E-state index in [1.54, 1.807) is 16.8 Å². The van der Waals surface area contributed by atoms with Crippen molar-refractivity contribution in [3.05, 3.63) is 64.0 Å². The van der Waals surface area contributed by atoms with E-state index in [1.807, 2.05) is 31.3 Å². The molecule has 3 nitrogen and oxygen atoms in total. The number of aromatic nitrogens is 2. The van der Waals surface area contributed by atoms with E-state index in [0.29, 0.717) is 15.7 Å². The molecular weight excluding hydrogens is 335 g/mol. The van der Waals surface area contributed by atoms with E-state index in [4.69, 9.17) is 0 Å².